The van der Waals surface area contributed by atoms with E-state index in [9.17, 15) is 103 Å². The first-order valence-electron chi connectivity index (χ1n) is 39.4. The zero-order valence-corrected chi connectivity index (χ0v) is 67.0. The Morgan fingerprint density at radius 3 is 1.25 bits per heavy atom. The van der Waals surface area contributed by atoms with Crippen LogP contribution in [-0.2, 0) is 73.5 Å². The minimum Gasteiger partial charge on any atom is -0.481 e. The second kappa shape index (κ2) is 58.9. The van der Waals surface area contributed by atoms with Gasteiger partial charge in [0.25, 0.3) is 0 Å². The Bertz CT molecular complexity index is 3130. The number of carboxylic acids is 2. The molecule has 0 radical (unpaired) electrons. The molecule has 1 aromatic rings. The highest BCUT2D eigenvalue weighted by Crippen LogP contribution is 2.23. The van der Waals surface area contributed by atoms with E-state index in [4.69, 9.17) is 28.7 Å². The van der Waals surface area contributed by atoms with Gasteiger partial charge < -0.3 is 96.3 Å². The minimum absolute atomic E-state index is 0.0205. The third kappa shape index (κ3) is 46.2. The van der Waals surface area contributed by atoms with Crippen molar-refractivity contribution in [2.24, 2.45) is 74.2 Å². The van der Waals surface area contributed by atoms with E-state index < -0.39 is 194 Å². The van der Waals surface area contributed by atoms with Crippen LogP contribution in [-0.4, -0.2) is 211 Å². The van der Waals surface area contributed by atoms with Gasteiger partial charge >= 0.3 is 11.9 Å². The number of nitrogens with two attached hydrogens (primary N) is 5. The molecule has 0 aromatic heterocycles. The Balaban J connectivity index is 0.00000235. The molecule has 1 rings (SSSR count). The second-order valence-corrected chi connectivity index (χ2v) is 29.5. The average molecular weight is 1590 g/mol. The Morgan fingerprint density at radius 1 is 0.411 bits per heavy atom. The van der Waals surface area contributed by atoms with Gasteiger partial charge in [-0.3, -0.25) is 72.3 Å². The maximum absolute atomic E-state index is 13.8. The van der Waals surface area contributed by atoms with Crippen molar-refractivity contribution >= 4 is 94.1 Å². The quantitative estimate of drug-likeness (QED) is 0.0252. The number of aliphatic imine (C=N–C) groups is 2. The minimum atomic E-state index is -1.77. The van der Waals surface area contributed by atoms with Gasteiger partial charge in [0.05, 0.1) is 43.5 Å². The Hall–Kier alpha value is -8.86. The Kier molecular flexibility index (Phi) is 54.3. The predicted octanol–water partition coefficient (Wildman–Crippen LogP) is 2.02. The molecule has 34 nitrogen and oxygen atoms in total. The maximum atomic E-state index is 13.8. The smallest absolute Gasteiger partial charge is 0.326 e. The highest BCUT2D eigenvalue weighted by molar-refractivity contribution is 5.99. The van der Waals surface area contributed by atoms with Crippen LogP contribution in [0.5, 0.6) is 0 Å². The molecule has 0 saturated carbocycles. The lowest BCUT2D eigenvalue weighted by Gasteiger charge is -2.27. The molecular formula is C78H133N13O21. The van der Waals surface area contributed by atoms with Crippen LogP contribution in [0.3, 0.4) is 0 Å². The summed E-state index contributed by atoms with van der Waals surface area (Å²) in [5, 5.41) is 85.2. The van der Waals surface area contributed by atoms with Gasteiger partial charge in [0, 0.05) is 88.1 Å². The number of aliphatic carboxylic acids is 2. The maximum Gasteiger partial charge on any atom is 0.326 e. The molecule has 14 atom stereocenters. The van der Waals surface area contributed by atoms with Crippen LogP contribution in [0.2, 0.25) is 0 Å². The number of nitrogens with one attached hydrogen (secondary N) is 6. The Morgan fingerprint density at radius 2 is 0.821 bits per heavy atom. The summed E-state index contributed by atoms with van der Waals surface area (Å²) >= 11 is 0. The van der Waals surface area contributed by atoms with Crippen LogP contribution < -0.4 is 60.6 Å². The SMILES string of the molecule is CC(C)C[C@H](NC(=O)[C@@H](CC(=O)[C@@H](NC(=O)[C@H](CCC(=O)O)CC(=O)[C@@H](NC(=O)[C@H](CO)CC(=O)[C@H](CO)NC(=O)[C@@H](C)CCCN=C(N)N)[C@@H](C)O)[C@@H](C)O)Cc1ccccc1)C(=O)O.CCCCCCCCCCCCCCCC(=O)N[C@@H](CCCN=C(N)N)C(=O)C[C@@H](CCC(N)=O)C(=O)N[C@H](C(=O)CC)[C@@H](C)O. The number of guanidine groups is 2. The monoisotopic (exact) mass is 1590 g/mol. The van der Waals surface area contributed by atoms with E-state index in [1.54, 1.807) is 58.0 Å². The molecule has 7 amide bonds. The molecule has 0 heterocycles. The summed E-state index contributed by atoms with van der Waals surface area (Å²) in [5.41, 5.74) is 27.3. The normalized spacial score (nSPS) is 14.9. The first-order chi connectivity index (χ1) is 52.8. The van der Waals surface area contributed by atoms with Crippen LogP contribution in [0, 0.1) is 35.5 Å². The summed E-state index contributed by atoms with van der Waals surface area (Å²) in [6, 6.07) is 0.283. The number of aliphatic hydroxyl groups is 5. The van der Waals surface area contributed by atoms with Gasteiger partial charge in [-0.1, -0.05) is 142 Å². The van der Waals surface area contributed by atoms with Crippen LogP contribution >= 0.6 is 0 Å². The fraction of sp³-hybridized carbons (Fsp3) is 0.718. The molecule has 0 spiro atoms. The molecule has 34 heteroatoms. The van der Waals surface area contributed by atoms with Gasteiger partial charge in [-0.05, 0) is 90.0 Å². The Labute approximate surface area is 658 Å². The number of carbonyl (C=O) groups is 14. The number of hydrogen-bond acceptors (Lipinski definition) is 21. The molecule has 636 valence electrons. The zero-order valence-electron chi connectivity index (χ0n) is 67.0. The molecule has 0 saturated heterocycles. The number of ketones is 5. The second-order valence-electron chi connectivity index (χ2n) is 29.5. The number of amides is 7. The number of carboxylic acid groups (broad SMARTS) is 2. The van der Waals surface area contributed by atoms with E-state index in [-0.39, 0.29) is 99.8 Å². The number of Topliss-reactive ketones (excluding diaryl/α,β-unsaturated/α-hetero) is 5. The molecule has 0 aliphatic carbocycles. The van der Waals surface area contributed by atoms with Gasteiger partial charge in [-0.2, -0.15) is 0 Å². The molecule has 0 aliphatic rings. The number of primary amides is 1. The van der Waals surface area contributed by atoms with E-state index in [2.05, 4.69) is 48.8 Å². The molecule has 23 N–H and O–H groups in total. The summed E-state index contributed by atoms with van der Waals surface area (Å²) in [5.74, 6) is -17.3. The summed E-state index contributed by atoms with van der Waals surface area (Å²) in [4.78, 5) is 189. The van der Waals surface area contributed by atoms with Crippen molar-refractivity contribution < 1.29 is 103 Å². The molecule has 0 bridgehead atoms. The van der Waals surface area contributed by atoms with Crippen molar-refractivity contribution in [3.05, 3.63) is 35.9 Å². The van der Waals surface area contributed by atoms with E-state index in [1.165, 1.54) is 71.6 Å². The van der Waals surface area contributed by atoms with Gasteiger partial charge in [0.15, 0.2) is 40.8 Å². The van der Waals surface area contributed by atoms with E-state index in [0.717, 1.165) is 26.2 Å². The number of hydrogen-bond donors (Lipinski definition) is 18. The molecule has 0 fully saturated rings. The van der Waals surface area contributed by atoms with Crippen molar-refractivity contribution in [1.82, 2.24) is 31.9 Å². The lowest BCUT2D eigenvalue weighted by molar-refractivity contribution is -0.143. The van der Waals surface area contributed by atoms with Crippen LogP contribution in [0.25, 0.3) is 0 Å². The third-order valence-corrected chi connectivity index (χ3v) is 18.9. The highest BCUT2D eigenvalue weighted by atomic mass is 16.4. The summed E-state index contributed by atoms with van der Waals surface area (Å²) in [6.07, 6.45) is 9.38. The van der Waals surface area contributed by atoms with Crippen molar-refractivity contribution in [2.45, 2.75) is 296 Å². The topological polar surface area (TPSA) is 608 Å². The highest BCUT2D eigenvalue weighted by Gasteiger charge is 2.38. The van der Waals surface area contributed by atoms with Gasteiger partial charge in [0.1, 0.15) is 30.2 Å². The first kappa shape index (κ1) is 103. The van der Waals surface area contributed by atoms with E-state index in [0.29, 0.717) is 31.2 Å². The van der Waals surface area contributed by atoms with E-state index in [1.807, 2.05) is 0 Å². The lowest BCUT2D eigenvalue weighted by atomic mass is 9.88. The molecular weight excluding hydrogens is 1450 g/mol. The average Bonchev–Trinajstić information content (AvgIpc) is 0.859. The summed E-state index contributed by atoms with van der Waals surface area (Å²) < 4.78 is 0. The molecule has 0 unspecified atom stereocenters. The lowest BCUT2D eigenvalue weighted by Crippen LogP contribution is -2.53. The van der Waals surface area contributed by atoms with Crippen LogP contribution in [0.4, 0.5) is 0 Å². The molecule has 1 aromatic carbocycles. The standard InChI is InChI=1S/C44H69N7O15.C34H64N6O6/c1-23(2)16-31(43(65)66)48-41(63)29(17-27-11-7-6-8-12-27)19-35(58)38(26(5)55)50-40(62)28(13-14-36(59)60)18-34(57)37(25(4)54)51-42(64)30(21-52)20-33(56)32(22-53)49-39(61)24(3)10-9-15-47-44(45)46;1-4-6-7-8-9-10-11-12-13-14-15-16-17-20-31(45)39-27(19-18-23-38-34(36)37)29(43)24-26(21-22-30(35)44)33(46)40-32(25(3)41)28(42)5-2/h6-8,11-12,23-26,28-32,37-38,52-55H,9-10,13-22H2,1-5H3,(H,48,63)(H,49,61)(H,50,62)(H,51,64)(H,59,60)(H,65,66)(H4,45,46,47);25-27,32,41H,4-24H2,1-3H3,(H2,35,44)(H,39,45)(H,40,46)(H4,36,37,38)/t24-,25+,26+,28+,29+,30-,31-,32-,37-,38-;25-,26-,27+,32+/m01/s1. The first-order valence-corrected chi connectivity index (χ1v) is 39.4. The van der Waals surface area contributed by atoms with Crippen LogP contribution in [0.1, 0.15) is 241 Å². The number of unbranched alkanes of at least 4 members (excludes halogenated alkanes) is 12. The van der Waals surface area contributed by atoms with Gasteiger partial charge in [-0.25, -0.2) is 4.79 Å². The van der Waals surface area contributed by atoms with Gasteiger partial charge in [0.2, 0.25) is 41.4 Å². The van der Waals surface area contributed by atoms with Crippen molar-refractivity contribution in [3.8, 4) is 0 Å². The number of aliphatic hydroxyl groups excluding tert-OH is 5. The predicted molar refractivity (Wildman–Crippen MR) is 420 cm³/mol. The summed E-state index contributed by atoms with van der Waals surface area (Å²) in [7, 11) is 0. The fourth-order valence-corrected chi connectivity index (χ4v) is 12.3. The zero-order chi connectivity index (χ0) is 85.0. The number of carbonyl (C=O) groups excluding carboxylic acids is 12. The van der Waals surface area contributed by atoms with E-state index >= 15 is 0 Å². The number of nitrogens with zero attached hydrogens (tertiary/aromatic N) is 2. The third-order valence-electron chi connectivity index (χ3n) is 18.9. The van der Waals surface area contributed by atoms with Crippen molar-refractivity contribution in [1.29, 1.82) is 0 Å². The summed E-state index contributed by atoms with van der Waals surface area (Å²) in [6.45, 7) is 11.4. The van der Waals surface area contributed by atoms with Crippen LogP contribution in [0.15, 0.2) is 40.3 Å². The van der Waals surface area contributed by atoms with Crippen molar-refractivity contribution in [2.75, 3.05) is 26.3 Å². The van der Waals surface area contributed by atoms with Crippen molar-refractivity contribution in [3.63, 3.8) is 0 Å². The largest absolute Gasteiger partial charge is 0.481 e. The number of benzene rings is 1. The molecule has 0 aliphatic heterocycles. The molecule has 112 heavy (non-hydrogen) atoms. The number of rotatable bonds is 63. The van der Waals surface area contributed by atoms with Gasteiger partial charge in [-0.15, -0.1) is 0 Å². The fourth-order valence-electron chi connectivity index (χ4n) is 12.3.